The molecule has 0 saturated heterocycles. The molecule has 0 aliphatic rings. The van der Waals surface area contributed by atoms with Gasteiger partial charge >= 0.3 is 0 Å². The van der Waals surface area contributed by atoms with Gasteiger partial charge in [-0.15, -0.1) is 0 Å². The summed E-state index contributed by atoms with van der Waals surface area (Å²) in [5.74, 6) is 0.623. The van der Waals surface area contributed by atoms with Crippen LogP contribution in [0, 0.1) is 11.5 Å². The van der Waals surface area contributed by atoms with E-state index >= 15 is 0 Å². The van der Waals surface area contributed by atoms with E-state index in [0.29, 0.717) is 28.8 Å². The van der Waals surface area contributed by atoms with Crippen LogP contribution < -0.4 is 4.74 Å². The van der Waals surface area contributed by atoms with E-state index in [1.165, 1.54) is 4.90 Å². The first-order chi connectivity index (χ1) is 7.58. The Bertz CT molecular complexity index is 415. The SMILES string of the molecule is COc1c(Cl)cc(Cl)cc1CCN(C)C#N. The molecule has 0 N–H and O–H groups in total. The molecule has 1 rings (SSSR count). The van der Waals surface area contributed by atoms with Crippen molar-refractivity contribution in [2.24, 2.45) is 0 Å². The van der Waals surface area contributed by atoms with E-state index in [-0.39, 0.29) is 0 Å². The van der Waals surface area contributed by atoms with Crippen LogP contribution in [0.1, 0.15) is 5.56 Å². The summed E-state index contributed by atoms with van der Waals surface area (Å²) >= 11 is 11.9. The molecule has 0 saturated carbocycles. The largest absolute Gasteiger partial charge is 0.495 e. The van der Waals surface area contributed by atoms with Crippen molar-refractivity contribution in [1.29, 1.82) is 5.26 Å². The summed E-state index contributed by atoms with van der Waals surface area (Å²) in [7, 11) is 3.28. The summed E-state index contributed by atoms with van der Waals surface area (Å²) in [6, 6.07) is 3.44. The van der Waals surface area contributed by atoms with Crippen molar-refractivity contribution in [2.75, 3.05) is 20.7 Å². The van der Waals surface area contributed by atoms with E-state index < -0.39 is 0 Å². The standard InChI is InChI=1S/C11H12Cl2N2O/c1-15(7-14)4-3-8-5-9(12)6-10(13)11(8)16-2/h5-6H,3-4H2,1-2H3. The Morgan fingerprint density at radius 2 is 2.12 bits per heavy atom. The summed E-state index contributed by atoms with van der Waals surface area (Å²) in [4.78, 5) is 1.54. The number of methoxy groups -OCH3 is 1. The Morgan fingerprint density at radius 3 is 2.69 bits per heavy atom. The minimum atomic E-state index is 0.490. The molecule has 0 fully saturated rings. The van der Waals surface area contributed by atoms with Gasteiger partial charge in [0.2, 0.25) is 0 Å². The highest BCUT2D eigenvalue weighted by molar-refractivity contribution is 6.35. The van der Waals surface area contributed by atoms with Gasteiger partial charge in [-0.3, -0.25) is 0 Å². The van der Waals surface area contributed by atoms with Crippen molar-refractivity contribution in [3.05, 3.63) is 27.7 Å². The highest BCUT2D eigenvalue weighted by atomic mass is 35.5. The average Bonchev–Trinajstić information content (AvgIpc) is 2.25. The molecule has 0 atom stereocenters. The number of nitrogens with zero attached hydrogens (tertiary/aromatic N) is 2. The first-order valence-corrected chi connectivity index (χ1v) is 5.47. The van der Waals surface area contributed by atoms with Crippen LogP contribution in [0.25, 0.3) is 0 Å². The van der Waals surface area contributed by atoms with Crippen LogP contribution in [-0.2, 0) is 6.42 Å². The smallest absolute Gasteiger partial charge is 0.179 e. The fourth-order valence-electron chi connectivity index (χ4n) is 1.37. The summed E-state index contributed by atoms with van der Waals surface area (Å²) in [5, 5.41) is 9.70. The van der Waals surface area contributed by atoms with Gasteiger partial charge in [0.15, 0.2) is 6.19 Å². The molecule has 86 valence electrons. The number of hydrogen-bond acceptors (Lipinski definition) is 3. The first kappa shape index (κ1) is 13.0. The molecular weight excluding hydrogens is 247 g/mol. The van der Waals surface area contributed by atoms with Gasteiger partial charge < -0.3 is 9.64 Å². The number of ether oxygens (including phenoxy) is 1. The van der Waals surface area contributed by atoms with E-state index in [2.05, 4.69) is 0 Å². The maximum atomic E-state index is 8.64. The average molecular weight is 259 g/mol. The molecule has 0 amide bonds. The van der Waals surface area contributed by atoms with Crippen molar-refractivity contribution in [1.82, 2.24) is 4.90 Å². The summed E-state index contributed by atoms with van der Waals surface area (Å²) < 4.78 is 5.21. The molecule has 16 heavy (non-hydrogen) atoms. The summed E-state index contributed by atoms with van der Waals surface area (Å²) in [6.07, 6.45) is 2.69. The highest BCUT2D eigenvalue weighted by Gasteiger charge is 2.10. The van der Waals surface area contributed by atoms with Crippen molar-refractivity contribution < 1.29 is 4.74 Å². The predicted molar refractivity (Wildman–Crippen MR) is 65.0 cm³/mol. The lowest BCUT2D eigenvalue weighted by molar-refractivity contribution is 0.405. The number of halogens is 2. The molecule has 0 aliphatic carbocycles. The number of nitriles is 1. The fourth-order valence-corrected chi connectivity index (χ4v) is 1.98. The van der Waals surface area contributed by atoms with Crippen LogP contribution in [0.5, 0.6) is 5.75 Å². The van der Waals surface area contributed by atoms with E-state index in [4.69, 9.17) is 33.2 Å². The molecule has 0 spiro atoms. The molecule has 0 radical (unpaired) electrons. The van der Waals surface area contributed by atoms with Gasteiger partial charge in [0.25, 0.3) is 0 Å². The molecule has 3 nitrogen and oxygen atoms in total. The summed E-state index contributed by atoms with van der Waals surface area (Å²) in [6.45, 7) is 0.601. The number of benzene rings is 1. The number of hydrogen-bond donors (Lipinski definition) is 0. The maximum absolute atomic E-state index is 8.64. The van der Waals surface area contributed by atoms with Gasteiger partial charge in [-0.1, -0.05) is 23.2 Å². The van der Waals surface area contributed by atoms with Gasteiger partial charge in [0.05, 0.1) is 12.1 Å². The van der Waals surface area contributed by atoms with Crippen LogP contribution in [0.3, 0.4) is 0 Å². The van der Waals surface area contributed by atoms with Gasteiger partial charge in [-0.05, 0) is 24.1 Å². The van der Waals surface area contributed by atoms with Gasteiger partial charge in [-0.25, -0.2) is 0 Å². The van der Waals surface area contributed by atoms with Crippen molar-refractivity contribution in [2.45, 2.75) is 6.42 Å². The Kier molecular flexibility index (Phi) is 4.72. The van der Waals surface area contributed by atoms with Crippen LogP contribution in [0.4, 0.5) is 0 Å². The molecular formula is C11H12Cl2N2O. The molecule has 0 unspecified atom stereocenters. The van der Waals surface area contributed by atoms with Gasteiger partial charge in [-0.2, -0.15) is 5.26 Å². The topological polar surface area (TPSA) is 36.3 Å². The molecule has 0 bridgehead atoms. The molecule has 0 aromatic heterocycles. The Hall–Kier alpha value is -1.11. The minimum absolute atomic E-state index is 0.490. The van der Waals surface area contributed by atoms with E-state index in [0.717, 1.165) is 5.56 Å². The Balaban J connectivity index is 2.90. The fraction of sp³-hybridized carbons (Fsp3) is 0.364. The third kappa shape index (κ3) is 3.19. The Morgan fingerprint density at radius 1 is 1.44 bits per heavy atom. The third-order valence-electron chi connectivity index (χ3n) is 2.18. The van der Waals surface area contributed by atoms with E-state index in [9.17, 15) is 0 Å². The molecule has 1 aromatic carbocycles. The minimum Gasteiger partial charge on any atom is -0.495 e. The van der Waals surface area contributed by atoms with Crippen LogP contribution >= 0.6 is 23.2 Å². The summed E-state index contributed by atoms with van der Waals surface area (Å²) in [5.41, 5.74) is 0.905. The lowest BCUT2D eigenvalue weighted by atomic mass is 10.1. The molecule has 1 aromatic rings. The van der Waals surface area contributed by atoms with Crippen LogP contribution in [0.2, 0.25) is 10.0 Å². The van der Waals surface area contributed by atoms with E-state index in [1.54, 1.807) is 26.3 Å². The Labute approximate surface area is 105 Å². The van der Waals surface area contributed by atoms with Crippen molar-refractivity contribution >= 4 is 23.2 Å². The van der Waals surface area contributed by atoms with E-state index in [1.807, 2.05) is 6.19 Å². The normalized spacial score (nSPS) is 9.69. The quantitative estimate of drug-likeness (QED) is 0.616. The van der Waals surface area contributed by atoms with Crippen LogP contribution in [-0.4, -0.2) is 25.6 Å². The molecule has 5 heteroatoms. The first-order valence-electron chi connectivity index (χ1n) is 4.71. The molecule has 0 aliphatic heterocycles. The lowest BCUT2D eigenvalue weighted by Gasteiger charge is -2.13. The zero-order valence-electron chi connectivity index (χ0n) is 9.13. The highest BCUT2D eigenvalue weighted by Crippen LogP contribution is 2.32. The zero-order valence-corrected chi connectivity index (χ0v) is 10.6. The van der Waals surface area contributed by atoms with Crippen molar-refractivity contribution in [3.63, 3.8) is 0 Å². The number of likely N-dealkylation sites (N-methyl/N-ethyl adjacent to an activating group) is 1. The van der Waals surface area contributed by atoms with Crippen LogP contribution in [0.15, 0.2) is 12.1 Å². The third-order valence-corrected chi connectivity index (χ3v) is 2.68. The molecule has 0 heterocycles. The predicted octanol–water partition coefficient (Wildman–Crippen LogP) is 2.96. The number of rotatable bonds is 4. The second kappa shape index (κ2) is 5.83. The van der Waals surface area contributed by atoms with Crippen molar-refractivity contribution in [3.8, 4) is 11.9 Å². The lowest BCUT2D eigenvalue weighted by Crippen LogP contribution is -2.15. The van der Waals surface area contributed by atoms with Gasteiger partial charge in [0, 0.05) is 18.6 Å². The second-order valence-electron chi connectivity index (χ2n) is 3.35. The maximum Gasteiger partial charge on any atom is 0.179 e. The monoisotopic (exact) mass is 258 g/mol. The van der Waals surface area contributed by atoms with Gasteiger partial charge in [0.1, 0.15) is 5.75 Å². The second-order valence-corrected chi connectivity index (χ2v) is 4.20. The zero-order chi connectivity index (χ0) is 12.1.